The summed E-state index contributed by atoms with van der Waals surface area (Å²) in [5.41, 5.74) is 2.90. The molecule has 136 valence electrons. The van der Waals surface area contributed by atoms with Crippen molar-refractivity contribution in [1.29, 1.82) is 0 Å². The Balaban J connectivity index is 1.65. The zero-order valence-corrected chi connectivity index (χ0v) is 15.2. The Morgan fingerprint density at radius 1 is 1.04 bits per heavy atom. The molecule has 2 aliphatic rings. The van der Waals surface area contributed by atoms with Gasteiger partial charge in [-0.05, 0) is 31.0 Å². The molecule has 1 aliphatic heterocycles. The van der Waals surface area contributed by atoms with E-state index in [1.807, 2.05) is 36.4 Å². The van der Waals surface area contributed by atoms with Crippen molar-refractivity contribution in [3.05, 3.63) is 65.2 Å². The first-order chi connectivity index (χ1) is 12.8. The van der Waals surface area contributed by atoms with Crippen LogP contribution in [0.2, 0.25) is 0 Å². The van der Waals surface area contributed by atoms with E-state index in [0.717, 1.165) is 17.9 Å². The smallest absolute Gasteiger partial charge is 0.337 e. The van der Waals surface area contributed by atoms with Crippen LogP contribution in [0.15, 0.2) is 48.5 Å². The maximum absolute atomic E-state index is 11.7. The standard InChI is InChI=1S/C22H25NO3/c1-25-22(24)17-13-11-16(12-14-17)21-23(19-8-3-2-4-9-19)15-18-7-5-6-10-20(18)26-21/h5-7,10-14,19,21H,2-4,8-9,15H2,1H3/t21-/m1/s1. The van der Waals surface area contributed by atoms with Gasteiger partial charge in [0.1, 0.15) is 5.75 Å². The molecule has 0 unspecified atom stereocenters. The Kier molecular flexibility index (Phi) is 4.93. The highest BCUT2D eigenvalue weighted by Crippen LogP contribution is 2.39. The highest BCUT2D eigenvalue weighted by Gasteiger charge is 2.34. The minimum absolute atomic E-state index is 0.111. The maximum atomic E-state index is 11.7. The topological polar surface area (TPSA) is 38.8 Å². The Bertz CT molecular complexity index is 765. The predicted octanol–water partition coefficient (Wildman–Crippen LogP) is 4.70. The zero-order valence-electron chi connectivity index (χ0n) is 15.2. The lowest BCUT2D eigenvalue weighted by Crippen LogP contribution is -2.43. The Morgan fingerprint density at radius 2 is 1.77 bits per heavy atom. The first-order valence-electron chi connectivity index (χ1n) is 9.45. The van der Waals surface area contributed by atoms with E-state index in [1.165, 1.54) is 44.8 Å². The molecular weight excluding hydrogens is 326 g/mol. The average molecular weight is 351 g/mol. The number of carbonyl (C=O) groups is 1. The van der Waals surface area contributed by atoms with Crippen molar-refractivity contribution in [2.24, 2.45) is 0 Å². The third-order valence-electron chi connectivity index (χ3n) is 5.53. The monoisotopic (exact) mass is 351 g/mol. The number of rotatable bonds is 3. The predicted molar refractivity (Wildman–Crippen MR) is 100 cm³/mol. The number of methoxy groups -OCH3 is 1. The molecule has 26 heavy (non-hydrogen) atoms. The van der Waals surface area contributed by atoms with E-state index >= 15 is 0 Å². The van der Waals surface area contributed by atoms with E-state index in [4.69, 9.17) is 9.47 Å². The number of nitrogens with zero attached hydrogens (tertiary/aromatic N) is 1. The minimum Gasteiger partial charge on any atom is -0.471 e. The molecule has 0 amide bonds. The fourth-order valence-corrected chi connectivity index (χ4v) is 4.11. The summed E-state index contributed by atoms with van der Waals surface area (Å²) in [5.74, 6) is 0.650. The fourth-order valence-electron chi connectivity index (χ4n) is 4.11. The molecule has 0 spiro atoms. The normalized spacial score (nSPS) is 20.9. The van der Waals surface area contributed by atoms with Crippen molar-refractivity contribution >= 4 is 5.97 Å². The molecule has 1 saturated carbocycles. The van der Waals surface area contributed by atoms with Gasteiger partial charge < -0.3 is 9.47 Å². The minimum atomic E-state index is -0.310. The second-order valence-corrected chi connectivity index (χ2v) is 7.16. The van der Waals surface area contributed by atoms with Gasteiger partial charge in [0, 0.05) is 23.7 Å². The molecule has 2 aromatic carbocycles. The van der Waals surface area contributed by atoms with E-state index < -0.39 is 0 Å². The van der Waals surface area contributed by atoms with Crippen LogP contribution >= 0.6 is 0 Å². The van der Waals surface area contributed by atoms with Gasteiger partial charge in [-0.1, -0.05) is 49.6 Å². The number of ether oxygens (including phenoxy) is 2. The zero-order chi connectivity index (χ0) is 17.9. The Morgan fingerprint density at radius 3 is 2.50 bits per heavy atom. The summed E-state index contributed by atoms with van der Waals surface area (Å²) in [4.78, 5) is 14.2. The SMILES string of the molecule is COC(=O)c1ccc([C@H]2Oc3ccccc3CN2C2CCCCC2)cc1. The quantitative estimate of drug-likeness (QED) is 0.752. The lowest BCUT2D eigenvalue weighted by atomic mass is 9.92. The molecule has 0 N–H and O–H groups in total. The third kappa shape index (κ3) is 3.34. The van der Waals surface area contributed by atoms with Gasteiger partial charge in [-0.25, -0.2) is 4.79 Å². The molecule has 0 radical (unpaired) electrons. The molecule has 4 rings (SSSR count). The first-order valence-corrected chi connectivity index (χ1v) is 9.45. The second kappa shape index (κ2) is 7.50. The van der Waals surface area contributed by atoms with Gasteiger partial charge >= 0.3 is 5.97 Å². The summed E-state index contributed by atoms with van der Waals surface area (Å²) < 4.78 is 11.2. The third-order valence-corrected chi connectivity index (χ3v) is 5.53. The Labute approximate surface area is 154 Å². The molecule has 0 aromatic heterocycles. The largest absolute Gasteiger partial charge is 0.471 e. The summed E-state index contributed by atoms with van der Waals surface area (Å²) in [5, 5.41) is 0. The number of fused-ring (bicyclic) bond motifs is 1. The number of hydrogen-bond acceptors (Lipinski definition) is 4. The van der Waals surface area contributed by atoms with Crippen LogP contribution in [0.4, 0.5) is 0 Å². The fraction of sp³-hybridized carbons (Fsp3) is 0.409. The van der Waals surface area contributed by atoms with Crippen molar-refractivity contribution in [3.63, 3.8) is 0 Å². The molecule has 1 atom stereocenters. The van der Waals surface area contributed by atoms with Gasteiger partial charge in [-0.3, -0.25) is 4.90 Å². The lowest BCUT2D eigenvalue weighted by molar-refractivity contribution is -0.0423. The maximum Gasteiger partial charge on any atom is 0.337 e. The summed E-state index contributed by atoms with van der Waals surface area (Å²) in [6.45, 7) is 0.907. The summed E-state index contributed by atoms with van der Waals surface area (Å²) in [7, 11) is 1.40. The number of para-hydroxylation sites is 1. The van der Waals surface area contributed by atoms with Crippen LogP contribution < -0.4 is 4.74 Å². The molecule has 4 heteroatoms. The van der Waals surface area contributed by atoms with E-state index in [1.54, 1.807) is 0 Å². The van der Waals surface area contributed by atoms with Crippen molar-refractivity contribution in [2.75, 3.05) is 7.11 Å². The lowest BCUT2D eigenvalue weighted by Gasteiger charge is -2.43. The average Bonchev–Trinajstić information content (AvgIpc) is 2.73. The number of benzene rings is 2. The van der Waals surface area contributed by atoms with E-state index in [0.29, 0.717) is 11.6 Å². The molecule has 4 nitrogen and oxygen atoms in total. The van der Waals surface area contributed by atoms with Crippen LogP contribution in [0.5, 0.6) is 5.75 Å². The molecule has 2 aromatic rings. The van der Waals surface area contributed by atoms with E-state index in [9.17, 15) is 4.79 Å². The van der Waals surface area contributed by atoms with Crippen LogP contribution in [-0.2, 0) is 11.3 Å². The van der Waals surface area contributed by atoms with Crippen LogP contribution in [0.25, 0.3) is 0 Å². The Hall–Kier alpha value is -2.33. The van der Waals surface area contributed by atoms with Crippen molar-refractivity contribution in [1.82, 2.24) is 4.90 Å². The molecule has 1 heterocycles. The van der Waals surface area contributed by atoms with Crippen molar-refractivity contribution < 1.29 is 14.3 Å². The molecule has 1 fully saturated rings. The van der Waals surface area contributed by atoms with Crippen LogP contribution in [-0.4, -0.2) is 24.0 Å². The van der Waals surface area contributed by atoms with Gasteiger partial charge in [-0.2, -0.15) is 0 Å². The van der Waals surface area contributed by atoms with Crippen LogP contribution in [0.3, 0.4) is 0 Å². The molecule has 0 bridgehead atoms. The summed E-state index contributed by atoms with van der Waals surface area (Å²) in [6.07, 6.45) is 6.25. The molecule has 0 saturated heterocycles. The number of carbonyl (C=O) groups excluding carboxylic acids is 1. The van der Waals surface area contributed by atoms with Crippen molar-refractivity contribution in [3.8, 4) is 5.75 Å². The van der Waals surface area contributed by atoms with E-state index in [-0.39, 0.29) is 12.2 Å². The molecule has 1 aliphatic carbocycles. The van der Waals surface area contributed by atoms with Gasteiger partial charge in [0.2, 0.25) is 0 Å². The summed E-state index contributed by atoms with van der Waals surface area (Å²) in [6, 6.07) is 16.5. The number of esters is 1. The van der Waals surface area contributed by atoms with Gasteiger partial charge in [0.05, 0.1) is 12.7 Å². The highest BCUT2D eigenvalue weighted by molar-refractivity contribution is 5.89. The van der Waals surface area contributed by atoms with Gasteiger partial charge in [0.25, 0.3) is 0 Å². The van der Waals surface area contributed by atoms with Gasteiger partial charge in [-0.15, -0.1) is 0 Å². The van der Waals surface area contributed by atoms with Crippen LogP contribution in [0, 0.1) is 0 Å². The second-order valence-electron chi connectivity index (χ2n) is 7.16. The molecular formula is C22H25NO3. The van der Waals surface area contributed by atoms with Crippen LogP contribution in [0.1, 0.15) is 59.8 Å². The van der Waals surface area contributed by atoms with E-state index in [2.05, 4.69) is 17.0 Å². The highest BCUT2D eigenvalue weighted by atomic mass is 16.5. The number of hydrogen-bond donors (Lipinski definition) is 0. The summed E-state index contributed by atoms with van der Waals surface area (Å²) >= 11 is 0. The first kappa shape index (κ1) is 17.1. The van der Waals surface area contributed by atoms with Gasteiger partial charge in [0.15, 0.2) is 6.23 Å². The van der Waals surface area contributed by atoms with Crippen molar-refractivity contribution in [2.45, 2.75) is 50.9 Å².